The third kappa shape index (κ3) is 2.56. The highest BCUT2D eigenvalue weighted by Gasteiger charge is 2.27. The first kappa shape index (κ1) is 10.2. The van der Waals surface area contributed by atoms with Crippen molar-refractivity contribution in [1.82, 2.24) is 9.97 Å². The van der Waals surface area contributed by atoms with Crippen molar-refractivity contribution in [1.29, 1.82) is 0 Å². The smallest absolute Gasteiger partial charge is 0.147 e. The highest BCUT2D eigenvalue weighted by molar-refractivity contribution is 5.40. The van der Waals surface area contributed by atoms with Gasteiger partial charge in [-0.05, 0) is 19.8 Å². The van der Waals surface area contributed by atoms with Crippen LogP contribution in [-0.2, 0) is 4.74 Å². The van der Waals surface area contributed by atoms with Crippen molar-refractivity contribution in [2.75, 3.05) is 24.3 Å². The molecule has 0 bridgehead atoms. The molecule has 1 fully saturated rings. The van der Waals surface area contributed by atoms with E-state index in [4.69, 9.17) is 10.5 Å². The van der Waals surface area contributed by atoms with Gasteiger partial charge in [0.05, 0.1) is 12.4 Å². The standard InChI is InChI=1S/C10H16N4O/c1-10(2-4-15-5-3-10)14-9-7-12-6-8(11)13-9/h6-7H,2-5H2,1H3,(H3,11,13,14). The average Bonchev–Trinajstić information content (AvgIpc) is 2.18. The number of hydrogen-bond acceptors (Lipinski definition) is 5. The van der Waals surface area contributed by atoms with E-state index in [1.54, 1.807) is 6.20 Å². The molecule has 0 aliphatic carbocycles. The molecule has 1 aromatic rings. The maximum Gasteiger partial charge on any atom is 0.147 e. The van der Waals surface area contributed by atoms with Crippen LogP contribution in [0.15, 0.2) is 12.4 Å². The predicted molar refractivity (Wildman–Crippen MR) is 58.5 cm³/mol. The summed E-state index contributed by atoms with van der Waals surface area (Å²) in [6, 6.07) is 0. The van der Waals surface area contributed by atoms with Crippen molar-refractivity contribution in [3.63, 3.8) is 0 Å². The molecule has 3 N–H and O–H groups in total. The van der Waals surface area contributed by atoms with Crippen LogP contribution >= 0.6 is 0 Å². The average molecular weight is 208 g/mol. The summed E-state index contributed by atoms with van der Waals surface area (Å²) >= 11 is 0. The van der Waals surface area contributed by atoms with Crippen molar-refractivity contribution in [2.24, 2.45) is 0 Å². The number of hydrogen-bond donors (Lipinski definition) is 2. The molecule has 5 heteroatoms. The highest BCUT2D eigenvalue weighted by atomic mass is 16.5. The van der Waals surface area contributed by atoms with Gasteiger partial charge in [-0.15, -0.1) is 0 Å². The lowest BCUT2D eigenvalue weighted by Crippen LogP contribution is -2.40. The van der Waals surface area contributed by atoms with Gasteiger partial charge in [0.1, 0.15) is 11.6 Å². The second-order valence-electron chi connectivity index (χ2n) is 4.13. The zero-order valence-electron chi connectivity index (χ0n) is 8.86. The zero-order valence-corrected chi connectivity index (χ0v) is 8.86. The van der Waals surface area contributed by atoms with Gasteiger partial charge in [-0.2, -0.15) is 0 Å². The third-order valence-electron chi connectivity index (χ3n) is 2.68. The molecular weight excluding hydrogens is 192 g/mol. The molecule has 2 heterocycles. The number of aromatic nitrogens is 2. The quantitative estimate of drug-likeness (QED) is 0.759. The molecule has 0 amide bonds. The first-order valence-corrected chi connectivity index (χ1v) is 5.11. The fraction of sp³-hybridized carbons (Fsp3) is 0.600. The monoisotopic (exact) mass is 208 g/mol. The largest absolute Gasteiger partial charge is 0.382 e. The number of nitrogen functional groups attached to an aromatic ring is 1. The third-order valence-corrected chi connectivity index (χ3v) is 2.68. The first-order valence-electron chi connectivity index (χ1n) is 5.11. The van der Waals surface area contributed by atoms with Crippen LogP contribution in [0.25, 0.3) is 0 Å². The summed E-state index contributed by atoms with van der Waals surface area (Å²) in [6.45, 7) is 3.75. The van der Waals surface area contributed by atoms with Gasteiger partial charge in [-0.1, -0.05) is 0 Å². The molecule has 5 nitrogen and oxygen atoms in total. The van der Waals surface area contributed by atoms with Crippen LogP contribution in [-0.4, -0.2) is 28.7 Å². The van der Waals surface area contributed by atoms with E-state index in [0.717, 1.165) is 31.9 Å². The Morgan fingerprint density at radius 2 is 2.13 bits per heavy atom. The van der Waals surface area contributed by atoms with Gasteiger partial charge in [0, 0.05) is 18.8 Å². The minimum absolute atomic E-state index is 0.0424. The normalized spacial score (nSPS) is 19.8. The molecule has 0 saturated carbocycles. The summed E-state index contributed by atoms with van der Waals surface area (Å²) in [5.41, 5.74) is 5.61. The van der Waals surface area contributed by atoms with Crippen LogP contribution in [0.3, 0.4) is 0 Å². The second-order valence-corrected chi connectivity index (χ2v) is 4.13. The molecule has 1 aromatic heterocycles. The van der Waals surface area contributed by atoms with Crippen LogP contribution < -0.4 is 11.1 Å². The summed E-state index contributed by atoms with van der Waals surface area (Å²) in [5.74, 6) is 1.18. The molecule has 0 radical (unpaired) electrons. The van der Waals surface area contributed by atoms with Gasteiger partial charge in [0.15, 0.2) is 0 Å². The molecule has 0 atom stereocenters. The maximum absolute atomic E-state index is 5.57. The molecule has 1 aliphatic heterocycles. The molecule has 1 saturated heterocycles. The predicted octanol–water partition coefficient (Wildman–Crippen LogP) is 1.04. The van der Waals surface area contributed by atoms with Crippen molar-refractivity contribution in [3.05, 3.63) is 12.4 Å². The lowest BCUT2D eigenvalue weighted by Gasteiger charge is -2.34. The summed E-state index contributed by atoms with van der Waals surface area (Å²) in [5, 5.41) is 3.36. The summed E-state index contributed by atoms with van der Waals surface area (Å²) in [4.78, 5) is 8.18. The number of rotatable bonds is 2. The van der Waals surface area contributed by atoms with Gasteiger partial charge in [-0.25, -0.2) is 4.98 Å². The molecule has 15 heavy (non-hydrogen) atoms. The second kappa shape index (κ2) is 4.02. The van der Waals surface area contributed by atoms with Crippen LogP contribution in [0.5, 0.6) is 0 Å². The maximum atomic E-state index is 5.57. The van der Waals surface area contributed by atoms with Crippen LogP contribution in [0.1, 0.15) is 19.8 Å². The summed E-state index contributed by atoms with van der Waals surface area (Å²) in [7, 11) is 0. The Balaban J connectivity index is 2.06. The van der Waals surface area contributed by atoms with Crippen LogP contribution in [0, 0.1) is 0 Å². The van der Waals surface area contributed by atoms with E-state index in [0.29, 0.717) is 5.82 Å². The Labute approximate surface area is 89.1 Å². The Morgan fingerprint density at radius 3 is 2.80 bits per heavy atom. The number of nitrogens with zero attached hydrogens (tertiary/aromatic N) is 2. The lowest BCUT2D eigenvalue weighted by atomic mass is 9.93. The number of ether oxygens (including phenoxy) is 1. The van der Waals surface area contributed by atoms with Gasteiger partial charge in [0.25, 0.3) is 0 Å². The van der Waals surface area contributed by atoms with E-state index in [-0.39, 0.29) is 5.54 Å². The highest BCUT2D eigenvalue weighted by Crippen LogP contribution is 2.24. The minimum Gasteiger partial charge on any atom is -0.382 e. The fourth-order valence-electron chi connectivity index (χ4n) is 1.70. The Hall–Kier alpha value is -1.36. The SMILES string of the molecule is CC1(Nc2cncc(N)n2)CCOCC1. The van der Waals surface area contributed by atoms with E-state index < -0.39 is 0 Å². The van der Waals surface area contributed by atoms with Crippen molar-refractivity contribution < 1.29 is 4.74 Å². The zero-order chi connectivity index (χ0) is 10.7. The Bertz CT molecular complexity index is 336. The van der Waals surface area contributed by atoms with Crippen LogP contribution in [0.2, 0.25) is 0 Å². The summed E-state index contributed by atoms with van der Waals surface area (Å²) < 4.78 is 5.33. The number of nitrogens with one attached hydrogen (secondary N) is 1. The van der Waals surface area contributed by atoms with E-state index >= 15 is 0 Å². The minimum atomic E-state index is 0.0424. The van der Waals surface area contributed by atoms with Gasteiger partial charge >= 0.3 is 0 Å². The fourth-order valence-corrected chi connectivity index (χ4v) is 1.70. The van der Waals surface area contributed by atoms with E-state index in [1.807, 2.05) is 0 Å². The molecule has 82 valence electrons. The molecule has 1 aliphatic rings. The van der Waals surface area contributed by atoms with Gasteiger partial charge in [-0.3, -0.25) is 4.98 Å². The van der Waals surface area contributed by atoms with Crippen molar-refractivity contribution >= 4 is 11.6 Å². The van der Waals surface area contributed by atoms with Crippen molar-refractivity contribution in [3.8, 4) is 0 Å². The van der Waals surface area contributed by atoms with E-state index in [9.17, 15) is 0 Å². The van der Waals surface area contributed by atoms with Gasteiger partial charge < -0.3 is 15.8 Å². The summed E-state index contributed by atoms with van der Waals surface area (Å²) in [6.07, 6.45) is 5.18. The van der Waals surface area contributed by atoms with E-state index in [1.165, 1.54) is 6.20 Å². The van der Waals surface area contributed by atoms with Gasteiger partial charge in [0.2, 0.25) is 0 Å². The molecule has 0 spiro atoms. The van der Waals surface area contributed by atoms with E-state index in [2.05, 4.69) is 22.2 Å². The lowest BCUT2D eigenvalue weighted by molar-refractivity contribution is 0.0657. The topological polar surface area (TPSA) is 73.1 Å². The molecule has 0 unspecified atom stereocenters. The molecule has 2 rings (SSSR count). The van der Waals surface area contributed by atoms with Crippen LogP contribution in [0.4, 0.5) is 11.6 Å². The Kier molecular flexibility index (Phi) is 2.73. The number of anilines is 2. The van der Waals surface area contributed by atoms with Crippen molar-refractivity contribution in [2.45, 2.75) is 25.3 Å². The molecule has 0 aromatic carbocycles. The first-order chi connectivity index (χ1) is 7.18. The molecular formula is C10H16N4O. The number of nitrogens with two attached hydrogens (primary N) is 1. The Morgan fingerprint density at radius 1 is 1.40 bits per heavy atom.